The van der Waals surface area contributed by atoms with Crippen LogP contribution in [-0.2, 0) is 9.59 Å². The minimum atomic E-state index is -0.507. The van der Waals surface area contributed by atoms with Gasteiger partial charge in [-0.3, -0.25) is 9.59 Å². The number of ether oxygens (including phenoxy) is 2. The molecule has 0 atom stereocenters. The van der Waals surface area contributed by atoms with Crippen LogP contribution in [0.3, 0.4) is 0 Å². The maximum atomic E-state index is 13.6. The zero-order valence-corrected chi connectivity index (χ0v) is 18.0. The third-order valence-corrected chi connectivity index (χ3v) is 5.46. The predicted molar refractivity (Wildman–Crippen MR) is 123 cm³/mol. The number of halogens is 1. The third-order valence-electron chi connectivity index (χ3n) is 5.46. The van der Waals surface area contributed by atoms with E-state index in [1.807, 2.05) is 25.1 Å². The third kappa shape index (κ3) is 3.65. The summed E-state index contributed by atoms with van der Waals surface area (Å²) in [5.74, 6) is -0.295. The number of benzene rings is 3. The Hall–Kier alpha value is -4.33. The van der Waals surface area contributed by atoms with Crippen molar-refractivity contribution in [3.8, 4) is 11.5 Å². The lowest BCUT2D eigenvalue weighted by atomic mass is 10.0. The van der Waals surface area contributed by atoms with Crippen molar-refractivity contribution in [2.75, 3.05) is 36.0 Å². The van der Waals surface area contributed by atoms with Crippen LogP contribution in [0.1, 0.15) is 5.56 Å². The Morgan fingerprint density at radius 3 is 2.42 bits per heavy atom. The summed E-state index contributed by atoms with van der Waals surface area (Å²) < 4.78 is 24.3. The molecule has 0 fully saturated rings. The first kappa shape index (κ1) is 20.6. The summed E-state index contributed by atoms with van der Waals surface area (Å²) in [7, 11) is 3.75. The van der Waals surface area contributed by atoms with E-state index in [1.165, 1.54) is 24.3 Å². The smallest absolute Gasteiger partial charge is 0.282 e. The van der Waals surface area contributed by atoms with E-state index in [9.17, 15) is 14.0 Å². The number of imide groups is 1. The molecule has 0 spiro atoms. The van der Waals surface area contributed by atoms with E-state index in [1.54, 1.807) is 36.4 Å². The van der Waals surface area contributed by atoms with Gasteiger partial charge in [0.05, 0.1) is 11.3 Å². The average molecular weight is 445 g/mol. The number of nitrogens with zero attached hydrogens (tertiary/aromatic N) is 2. The zero-order chi connectivity index (χ0) is 23.1. The van der Waals surface area contributed by atoms with Crippen LogP contribution >= 0.6 is 0 Å². The molecule has 0 saturated heterocycles. The second-order valence-corrected chi connectivity index (χ2v) is 7.81. The van der Waals surface area contributed by atoms with E-state index < -0.39 is 17.6 Å². The summed E-state index contributed by atoms with van der Waals surface area (Å²) in [6, 6.07) is 17.8. The molecule has 3 aromatic rings. The van der Waals surface area contributed by atoms with Gasteiger partial charge in [-0.25, -0.2) is 9.29 Å². The molecule has 0 radical (unpaired) electrons. The van der Waals surface area contributed by atoms with Crippen LogP contribution in [0.15, 0.2) is 72.4 Å². The molecule has 2 amide bonds. The van der Waals surface area contributed by atoms with Crippen molar-refractivity contribution < 1.29 is 23.5 Å². The molecule has 0 bridgehead atoms. The molecule has 0 saturated carbocycles. The number of nitrogens with one attached hydrogen (secondary N) is 1. The number of amides is 2. The lowest BCUT2D eigenvalue weighted by Gasteiger charge is -2.19. The molecule has 1 N–H and O–H groups in total. The van der Waals surface area contributed by atoms with Gasteiger partial charge in [0.25, 0.3) is 11.8 Å². The van der Waals surface area contributed by atoms with Gasteiger partial charge in [0.1, 0.15) is 11.5 Å². The van der Waals surface area contributed by atoms with Gasteiger partial charge in [-0.2, -0.15) is 0 Å². The molecular formula is C25H20FN3O4. The summed E-state index contributed by atoms with van der Waals surface area (Å²) in [5.41, 5.74) is 2.53. The molecule has 166 valence electrons. The second-order valence-electron chi connectivity index (χ2n) is 7.81. The van der Waals surface area contributed by atoms with E-state index in [0.717, 1.165) is 10.6 Å². The lowest BCUT2D eigenvalue weighted by molar-refractivity contribution is -0.120. The van der Waals surface area contributed by atoms with Crippen LogP contribution in [0.5, 0.6) is 11.5 Å². The molecule has 7 nitrogen and oxygen atoms in total. The highest BCUT2D eigenvalue weighted by Gasteiger charge is 2.40. The molecule has 5 rings (SSSR count). The van der Waals surface area contributed by atoms with E-state index in [-0.39, 0.29) is 18.1 Å². The van der Waals surface area contributed by atoms with E-state index in [0.29, 0.717) is 28.4 Å². The second kappa shape index (κ2) is 7.98. The summed E-state index contributed by atoms with van der Waals surface area (Å²) in [4.78, 5) is 30.1. The van der Waals surface area contributed by atoms with Crippen molar-refractivity contribution in [2.45, 2.75) is 0 Å². The Balaban J connectivity index is 1.58. The Morgan fingerprint density at radius 1 is 0.909 bits per heavy atom. The molecule has 8 heteroatoms. The first-order valence-corrected chi connectivity index (χ1v) is 10.3. The fourth-order valence-corrected chi connectivity index (χ4v) is 3.79. The number of carbonyl (C=O) groups excluding carboxylic acids is 2. The van der Waals surface area contributed by atoms with Crippen LogP contribution in [0, 0.1) is 5.82 Å². The first-order valence-electron chi connectivity index (χ1n) is 10.3. The van der Waals surface area contributed by atoms with Gasteiger partial charge < -0.3 is 19.7 Å². The monoisotopic (exact) mass is 445 g/mol. The van der Waals surface area contributed by atoms with Crippen LogP contribution < -0.4 is 24.6 Å². The van der Waals surface area contributed by atoms with Gasteiger partial charge in [0.15, 0.2) is 11.5 Å². The Kier molecular flexibility index (Phi) is 4.97. The van der Waals surface area contributed by atoms with Crippen molar-refractivity contribution in [1.82, 2.24) is 0 Å². The molecule has 0 aromatic heterocycles. The molecule has 2 aliphatic rings. The highest BCUT2D eigenvalue weighted by atomic mass is 19.1. The number of fused-ring (bicyclic) bond motifs is 1. The Bertz CT molecular complexity index is 1300. The van der Waals surface area contributed by atoms with Crippen molar-refractivity contribution in [2.24, 2.45) is 0 Å². The van der Waals surface area contributed by atoms with Crippen LogP contribution in [0.2, 0.25) is 0 Å². The van der Waals surface area contributed by atoms with Crippen LogP contribution in [0.4, 0.5) is 21.5 Å². The summed E-state index contributed by atoms with van der Waals surface area (Å²) in [6.45, 7) is 0.121. The topological polar surface area (TPSA) is 71.1 Å². The Morgan fingerprint density at radius 2 is 1.67 bits per heavy atom. The van der Waals surface area contributed by atoms with Crippen LogP contribution in [0.25, 0.3) is 5.57 Å². The van der Waals surface area contributed by atoms with Crippen molar-refractivity contribution in [3.63, 3.8) is 0 Å². The van der Waals surface area contributed by atoms with Crippen molar-refractivity contribution in [1.29, 1.82) is 0 Å². The molecule has 2 aliphatic heterocycles. The summed E-state index contributed by atoms with van der Waals surface area (Å²) in [6.07, 6.45) is 0. The van der Waals surface area contributed by atoms with E-state index >= 15 is 0 Å². The number of rotatable bonds is 5. The van der Waals surface area contributed by atoms with Gasteiger partial charge in [-0.05, 0) is 48.0 Å². The minimum absolute atomic E-state index is 0.0979. The maximum absolute atomic E-state index is 13.6. The standard InChI is InChI=1S/C25H20FN3O4/c1-28(2)18-4-3-5-19(13-18)29-24(30)22(15-6-8-16(26)9-7-15)23(25(29)31)27-17-10-11-20-21(12-17)33-14-32-20/h3-13,27H,14H2,1-2H3. The Labute approximate surface area is 189 Å². The number of hydrogen-bond donors (Lipinski definition) is 1. The quantitative estimate of drug-likeness (QED) is 0.599. The summed E-state index contributed by atoms with van der Waals surface area (Å²) >= 11 is 0. The van der Waals surface area contributed by atoms with Gasteiger partial charge in [-0.1, -0.05) is 18.2 Å². The summed E-state index contributed by atoms with van der Waals surface area (Å²) in [5, 5.41) is 3.08. The fraction of sp³-hybridized carbons (Fsp3) is 0.120. The average Bonchev–Trinajstić information content (AvgIpc) is 3.36. The van der Waals surface area contributed by atoms with E-state index in [4.69, 9.17) is 9.47 Å². The number of carbonyl (C=O) groups is 2. The lowest BCUT2D eigenvalue weighted by Crippen LogP contribution is -2.32. The molecule has 3 aromatic carbocycles. The van der Waals surface area contributed by atoms with E-state index in [2.05, 4.69) is 5.32 Å². The number of anilines is 3. The molecule has 0 unspecified atom stereocenters. The predicted octanol–water partition coefficient (Wildman–Crippen LogP) is 4.02. The fourth-order valence-electron chi connectivity index (χ4n) is 3.79. The van der Waals surface area contributed by atoms with Gasteiger partial charge >= 0.3 is 0 Å². The maximum Gasteiger partial charge on any atom is 0.282 e. The normalized spacial score (nSPS) is 14.8. The molecule has 33 heavy (non-hydrogen) atoms. The van der Waals surface area contributed by atoms with Gasteiger partial charge in [-0.15, -0.1) is 0 Å². The van der Waals surface area contributed by atoms with Crippen molar-refractivity contribution in [3.05, 3.63) is 83.8 Å². The minimum Gasteiger partial charge on any atom is -0.454 e. The van der Waals surface area contributed by atoms with Crippen molar-refractivity contribution >= 4 is 34.4 Å². The molecular weight excluding hydrogens is 425 g/mol. The molecule has 0 aliphatic carbocycles. The zero-order valence-electron chi connectivity index (χ0n) is 18.0. The first-order chi connectivity index (χ1) is 15.9. The van der Waals surface area contributed by atoms with Crippen LogP contribution in [-0.4, -0.2) is 32.7 Å². The largest absolute Gasteiger partial charge is 0.454 e. The highest BCUT2D eigenvalue weighted by Crippen LogP contribution is 2.38. The van der Waals surface area contributed by atoms with Gasteiger partial charge in [0, 0.05) is 31.5 Å². The van der Waals surface area contributed by atoms with Gasteiger partial charge in [0.2, 0.25) is 6.79 Å². The SMILES string of the molecule is CN(C)c1cccc(N2C(=O)C(Nc3ccc4c(c3)OCO4)=C(c3ccc(F)cc3)C2=O)c1. The molecule has 2 heterocycles. The number of hydrogen-bond acceptors (Lipinski definition) is 6. The highest BCUT2D eigenvalue weighted by molar-refractivity contribution is 6.46.